The van der Waals surface area contributed by atoms with Crippen molar-refractivity contribution < 1.29 is 14.4 Å². The summed E-state index contributed by atoms with van der Waals surface area (Å²) in [5, 5.41) is 5.70. The van der Waals surface area contributed by atoms with Gasteiger partial charge in [-0.1, -0.05) is 31.0 Å². The van der Waals surface area contributed by atoms with Crippen molar-refractivity contribution in [2.24, 2.45) is 5.92 Å². The summed E-state index contributed by atoms with van der Waals surface area (Å²) in [4.78, 5) is 39.1. The van der Waals surface area contributed by atoms with Crippen molar-refractivity contribution in [3.05, 3.63) is 59.7 Å². The van der Waals surface area contributed by atoms with Crippen molar-refractivity contribution in [3.63, 3.8) is 0 Å². The summed E-state index contributed by atoms with van der Waals surface area (Å²) in [7, 11) is 0. The van der Waals surface area contributed by atoms with Gasteiger partial charge in [0.25, 0.3) is 5.91 Å². The van der Waals surface area contributed by atoms with Crippen LogP contribution in [0.3, 0.4) is 0 Å². The van der Waals surface area contributed by atoms with Crippen molar-refractivity contribution >= 4 is 29.1 Å². The lowest BCUT2D eigenvalue weighted by atomic mass is 9.97. The molecule has 6 heteroatoms. The van der Waals surface area contributed by atoms with Crippen LogP contribution in [0, 0.1) is 5.92 Å². The van der Waals surface area contributed by atoms with E-state index in [1.54, 1.807) is 29.2 Å². The molecule has 1 unspecified atom stereocenters. The maximum absolute atomic E-state index is 12.9. The van der Waals surface area contributed by atoms with Crippen LogP contribution in [0.4, 0.5) is 11.4 Å². The number of benzene rings is 2. The molecule has 30 heavy (non-hydrogen) atoms. The van der Waals surface area contributed by atoms with E-state index in [0.29, 0.717) is 17.8 Å². The van der Waals surface area contributed by atoms with E-state index < -0.39 is 6.04 Å². The molecule has 1 fully saturated rings. The van der Waals surface area contributed by atoms with Gasteiger partial charge < -0.3 is 15.5 Å². The maximum Gasteiger partial charge on any atom is 0.258 e. The molecule has 0 bridgehead atoms. The van der Waals surface area contributed by atoms with E-state index >= 15 is 0 Å². The van der Waals surface area contributed by atoms with Gasteiger partial charge in [-0.15, -0.1) is 0 Å². The van der Waals surface area contributed by atoms with Crippen LogP contribution in [0.5, 0.6) is 0 Å². The number of carbonyl (C=O) groups is 3. The fourth-order valence-electron chi connectivity index (χ4n) is 4.53. The zero-order valence-corrected chi connectivity index (χ0v) is 17.2. The lowest BCUT2D eigenvalue weighted by Gasteiger charge is -2.23. The molecule has 1 saturated carbocycles. The summed E-state index contributed by atoms with van der Waals surface area (Å²) < 4.78 is 0. The zero-order chi connectivity index (χ0) is 21.1. The second kappa shape index (κ2) is 8.69. The minimum absolute atomic E-state index is 0.0418. The fourth-order valence-corrected chi connectivity index (χ4v) is 4.53. The third-order valence-electron chi connectivity index (χ3n) is 6.04. The summed E-state index contributed by atoms with van der Waals surface area (Å²) >= 11 is 0. The van der Waals surface area contributed by atoms with E-state index in [1.807, 2.05) is 18.2 Å². The Morgan fingerprint density at radius 3 is 2.40 bits per heavy atom. The number of hydrogen-bond acceptors (Lipinski definition) is 3. The summed E-state index contributed by atoms with van der Waals surface area (Å²) in [6.07, 6.45) is 4.93. The molecule has 1 aliphatic carbocycles. The molecular formula is C24H27N3O3. The molecule has 3 amide bonds. The highest BCUT2D eigenvalue weighted by Gasteiger charge is 2.31. The lowest BCUT2D eigenvalue weighted by Crippen LogP contribution is -2.47. The van der Waals surface area contributed by atoms with Crippen LogP contribution < -0.4 is 15.5 Å². The largest absolute Gasteiger partial charge is 0.344 e. The number of carbonyl (C=O) groups excluding carboxylic acids is 3. The van der Waals surface area contributed by atoms with Crippen LogP contribution in [0.15, 0.2) is 48.5 Å². The molecule has 0 spiro atoms. The molecule has 0 saturated heterocycles. The molecule has 0 aromatic heterocycles. The van der Waals surface area contributed by atoms with E-state index in [-0.39, 0.29) is 23.6 Å². The van der Waals surface area contributed by atoms with Crippen LogP contribution in [0.1, 0.15) is 48.5 Å². The number of rotatable bonds is 5. The predicted octanol–water partition coefficient (Wildman–Crippen LogP) is 3.52. The second-order valence-corrected chi connectivity index (χ2v) is 8.12. The Hall–Kier alpha value is -3.15. The summed E-state index contributed by atoms with van der Waals surface area (Å²) in [6.45, 7) is 2.11. The van der Waals surface area contributed by atoms with E-state index in [4.69, 9.17) is 0 Å². The molecular weight excluding hydrogens is 378 g/mol. The molecule has 1 heterocycles. The third-order valence-corrected chi connectivity index (χ3v) is 6.04. The smallest absolute Gasteiger partial charge is 0.258 e. The molecule has 0 radical (unpaired) electrons. The van der Waals surface area contributed by atoms with Crippen molar-refractivity contribution in [1.82, 2.24) is 5.32 Å². The van der Waals surface area contributed by atoms with E-state index in [2.05, 4.69) is 16.7 Å². The number of nitrogens with one attached hydrogen (secondary N) is 2. The van der Waals surface area contributed by atoms with Gasteiger partial charge in [-0.3, -0.25) is 14.4 Å². The fraction of sp³-hybridized carbons (Fsp3) is 0.375. The van der Waals surface area contributed by atoms with Crippen molar-refractivity contribution in [3.8, 4) is 0 Å². The molecule has 1 aliphatic heterocycles. The highest BCUT2D eigenvalue weighted by atomic mass is 16.2. The summed E-state index contributed by atoms with van der Waals surface area (Å²) in [5.41, 5.74) is 3.35. The van der Waals surface area contributed by atoms with Crippen LogP contribution in [0.25, 0.3) is 0 Å². The molecule has 2 aliphatic rings. The Morgan fingerprint density at radius 1 is 1.00 bits per heavy atom. The minimum atomic E-state index is -0.521. The predicted molar refractivity (Wildman–Crippen MR) is 116 cm³/mol. The summed E-state index contributed by atoms with van der Waals surface area (Å²) in [6, 6.07) is 14.4. The molecule has 2 N–H and O–H groups in total. The standard InChI is InChI=1S/C24H27N3O3/c1-16(28)25-22(18-7-2-3-8-18)23(29)26-20-12-10-19(11-13-20)24(30)27-15-14-17-6-4-5-9-21(17)27/h4-6,9-13,18,22H,2-3,7-8,14-15H2,1H3,(H,25,28)(H,26,29). The van der Waals surface area contributed by atoms with Crippen LogP contribution in [0.2, 0.25) is 0 Å². The van der Waals surface area contributed by atoms with Crippen LogP contribution >= 0.6 is 0 Å². The molecule has 2 aromatic rings. The number of anilines is 2. The second-order valence-electron chi connectivity index (χ2n) is 8.12. The van der Waals surface area contributed by atoms with Crippen molar-refractivity contribution in [1.29, 1.82) is 0 Å². The Morgan fingerprint density at radius 2 is 1.70 bits per heavy atom. The van der Waals surface area contributed by atoms with Gasteiger partial charge >= 0.3 is 0 Å². The normalized spacial score (nSPS) is 16.8. The highest BCUT2D eigenvalue weighted by Crippen LogP contribution is 2.30. The van der Waals surface area contributed by atoms with Gasteiger partial charge in [-0.2, -0.15) is 0 Å². The van der Waals surface area contributed by atoms with E-state index in [9.17, 15) is 14.4 Å². The monoisotopic (exact) mass is 405 g/mol. The van der Waals surface area contributed by atoms with Gasteiger partial charge in [0.15, 0.2) is 0 Å². The minimum Gasteiger partial charge on any atom is -0.344 e. The Labute approximate surface area is 176 Å². The van der Waals surface area contributed by atoms with Gasteiger partial charge in [0.05, 0.1) is 0 Å². The average molecular weight is 405 g/mol. The van der Waals surface area contributed by atoms with E-state index in [1.165, 1.54) is 12.5 Å². The topological polar surface area (TPSA) is 78.5 Å². The van der Waals surface area contributed by atoms with Crippen LogP contribution in [-0.4, -0.2) is 30.3 Å². The number of nitrogens with zero attached hydrogens (tertiary/aromatic N) is 1. The Kier molecular flexibility index (Phi) is 5.84. The van der Waals surface area contributed by atoms with Gasteiger partial charge in [-0.25, -0.2) is 0 Å². The number of fused-ring (bicyclic) bond motifs is 1. The Balaban J connectivity index is 1.43. The van der Waals surface area contributed by atoms with Gasteiger partial charge in [0.2, 0.25) is 11.8 Å². The number of para-hydroxylation sites is 1. The molecule has 4 rings (SSSR count). The average Bonchev–Trinajstić information content (AvgIpc) is 3.42. The van der Waals surface area contributed by atoms with E-state index in [0.717, 1.165) is 37.8 Å². The molecule has 1 atom stereocenters. The molecule has 156 valence electrons. The lowest BCUT2D eigenvalue weighted by molar-refractivity contribution is -0.126. The van der Waals surface area contributed by atoms with Gasteiger partial charge in [0.1, 0.15) is 6.04 Å². The molecule has 6 nitrogen and oxygen atoms in total. The first-order valence-corrected chi connectivity index (χ1v) is 10.6. The first kappa shape index (κ1) is 20.1. The van der Waals surface area contributed by atoms with Gasteiger partial charge in [-0.05, 0) is 61.1 Å². The summed E-state index contributed by atoms with van der Waals surface area (Å²) in [5.74, 6) is -0.275. The van der Waals surface area contributed by atoms with Crippen molar-refractivity contribution in [2.75, 3.05) is 16.8 Å². The quantitative estimate of drug-likeness (QED) is 0.799. The van der Waals surface area contributed by atoms with Crippen molar-refractivity contribution in [2.45, 2.75) is 45.1 Å². The Bertz CT molecular complexity index is 948. The molecule has 2 aromatic carbocycles. The third kappa shape index (κ3) is 4.22. The first-order chi connectivity index (χ1) is 14.5. The van der Waals surface area contributed by atoms with Gasteiger partial charge in [0, 0.05) is 30.4 Å². The maximum atomic E-state index is 12.9. The number of hydrogen-bond donors (Lipinski definition) is 2. The highest BCUT2D eigenvalue weighted by molar-refractivity contribution is 6.07. The van der Waals surface area contributed by atoms with Crippen LogP contribution in [-0.2, 0) is 16.0 Å². The zero-order valence-electron chi connectivity index (χ0n) is 17.2. The SMILES string of the molecule is CC(=O)NC(C(=O)Nc1ccc(C(=O)N2CCc3ccccc32)cc1)C1CCCC1. The first-order valence-electron chi connectivity index (χ1n) is 10.6. The number of amides is 3.